The number of piperidine rings is 1. The summed E-state index contributed by atoms with van der Waals surface area (Å²) in [5.74, 6) is 0.396. The molecule has 1 unspecified atom stereocenters. The lowest BCUT2D eigenvalue weighted by molar-refractivity contribution is -0.145. The molecule has 5 heteroatoms. The minimum Gasteiger partial charge on any atom is -0.469 e. The molecule has 0 spiro atoms. The molecule has 1 heterocycles. The van der Waals surface area contributed by atoms with Crippen LogP contribution in [0, 0.1) is 11.8 Å². The Hall–Kier alpha value is -1.10. The van der Waals surface area contributed by atoms with Crippen molar-refractivity contribution in [2.75, 3.05) is 33.3 Å². The van der Waals surface area contributed by atoms with Gasteiger partial charge in [-0.15, -0.1) is 0 Å². The van der Waals surface area contributed by atoms with Crippen LogP contribution in [0.3, 0.4) is 0 Å². The topological polar surface area (TPSA) is 58.6 Å². The first-order valence-corrected chi connectivity index (χ1v) is 6.57. The smallest absolute Gasteiger partial charge is 0.309 e. The molecular weight excluding hydrogens is 232 g/mol. The van der Waals surface area contributed by atoms with Crippen molar-refractivity contribution < 1.29 is 14.3 Å². The second kappa shape index (κ2) is 7.36. The molecule has 1 atom stereocenters. The zero-order valence-corrected chi connectivity index (χ0v) is 11.6. The number of carbonyl (C=O) groups excluding carboxylic acids is 2. The number of amides is 1. The number of esters is 1. The number of rotatable bonds is 5. The molecule has 1 aliphatic rings. The molecule has 1 aliphatic heterocycles. The molecule has 1 amide bonds. The molecular formula is C13H24N2O3. The van der Waals surface area contributed by atoms with E-state index in [1.54, 1.807) is 6.92 Å². The monoisotopic (exact) mass is 256 g/mol. The number of nitrogens with one attached hydrogen (secondary N) is 1. The van der Waals surface area contributed by atoms with Crippen LogP contribution in [0.5, 0.6) is 0 Å². The first kappa shape index (κ1) is 15.0. The fourth-order valence-electron chi connectivity index (χ4n) is 2.32. The van der Waals surface area contributed by atoms with Crippen LogP contribution in [0.1, 0.15) is 26.7 Å². The summed E-state index contributed by atoms with van der Waals surface area (Å²) in [5.41, 5.74) is 0. The minimum absolute atomic E-state index is 0.0387. The van der Waals surface area contributed by atoms with Gasteiger partial charge in [0.1, 0.15) is 0 Å². The Morgan fingerprint density at radius 1 is 1.39 bits per heavy atom. The molecule has 0 saturated carbocycles. The first-order chi connectivity index (χ1) is 8.52. The number of ether oxygens (including phenoxy) is 1. The molecule has 0 aromatic heterocycles. The van der Waals surface area contributed by atoms with Gasteiger partial charge in [-0.1, -0.05) is 6.92 Å². The molecule has 0 aromatic carbocycles. The van der Waals surface area contributed by atoms with Crippen molar-refractivity contribution in [2.24, 2.45) is 11.8 Å². The Kier molecular flexibility index (Phi) is 6.12. The summed E-state index contributed by atoms with van der Waals surface area (Å²) in [6.45, 7) is 6.97. The van der Waals surface area contributed by atoms with Crippen molar-refractivity contribution in [3.05, 3.63) is 0 Å². The van der Waals surface area contributed by atoms with E-state index in [9.17, 15) is 9.59 Å². The van der Waals surface area contributed by atoms with Crippen molar-refractivity contribution >= 4 is 11.9 Å². The third kappa shape index (κ3) is 5.04. The number of likely N-dealkylation sites (tertiary alicyclic amines) is 1. The van der Waals surface area contributed by atoms with Crippen LogP contribution in [0.15, 0.2) is 0 Å². The normalized spacial score (nSPS) is 19.3. The molecule has 18 heavy (non-hydrogen) atoms. The summed E-state index contributed by atoms with van der Waals surface area (Å²) in [6, 6.07) is 0. The van der Waals surface area contributed by atoms with Gasteiger partial charge >= 0.3 is 5.97 Å². The molecule has 1 rings (SSSR count). The van der Waals surface area contributed by atoms with Gasteiger partial charge in [-0.3, -0.25) is 9.59 Å². The van der Waals surface area contributed by atoms with Crippen LogP contribution in [-0.4, -0.2) is 50.1 Å². The Morgan fingerprint density at radius 2 is 2.00 bits per heavy atom. The van der Waals surface area contributed by atoms with Gasteiger partial charge in [-0.05, 0) is 31.8 Å². The van der Waals surface area contributed by atoms with E-state index in [-0.39, 0.29) is 17.8 Å². The number of nitrogens with zero attached hydrogens (tertiary/aromatic N) is 1. The van der Waals surface area contributed by atoms with Gasteiger partial charge in [0.15, 0.2) is 0 Å². The SMILES string of the molecule is COC(=O)C(C)CN1CCC(CNC(C)=O)CC1. The predicted molar refractivity (Wildman–Crippen MR) is 69.0 cm³/mol. The van der Waals surface area contributed by atoms with E-state index in [0.29, 0.717) is 5.92 Å². The van der Waals surface area contributed by atoms with Crippen LogP contribution < -0.4 is 5.32 Å². The molecule has 0 aliphatic carbocycles. The summed E-state index contributed by atoms with van der Waals surface area (Å²) in [7, 11) is 1.43. The predicted octanol–water partition coefficient (Wildman–Crippen LogP) is 0.644. The van der Waals surface area contributed by atoms with Gasteiger partial charge in [0.05, 0.1) is 13.0 Å². The highest BCUT2D eigenvalue weighted by Crippen LogP contribution is 2.17. The molecule has 1 fully saturated rings. The number of carbonyl (C=O) groups is 2. The van der Waals surface area contributed by atoms with Gasteiger partial charge in [0.25, 0.3) is 0 Å². The second-order valence-corrected chi connectivity index (χ2v) is 5.11. The summed E-state index contributed by atoms with van der Waals surface area (Å²) in [5, 5.41) is 2.87. The van der Waals surface area contributed by atoms with Gasteiger partial charge in [0, 0.05) is 20.0 Å². The summed E-state index contributed by atoms with van der Waals surface area (Å²) < 4.78 is 4.73. The lowest BCUT2D eigenvalue weighted by atomic mass is 9.96. The Bertz CT molecular complexity index is 286. The molecule has 5 nitrogen and oxygen atoms in total. The van der Waals surface area contributed by atoms with Crippen LogP contribution >= 0.6 is 0 Å². The Morgan fingerprint density at radius 3 is 2.50 bits per heavy atom. The van der Waals surface area contributed by atoms with E-state index < -0.39 is 0 Å². The van der Waals surface area contributed by atoms with E-state index >= 15 is 0 Å². The Labute approximate surface area is 109 Å². The van der Waals surface area contributed by atoms with E-state index in [0.717, 1.165) is 39.0 Å². The maximum absolute atomic E-state index is 11.3. The largest absolute Gasteiger partial charge is 0.469 e. The van der Waals surface area contributed by atoms with Crippen molar-refractivity contribution in [3.8, 4) is 0 Å². The molecule has 104 valence electrons. The number of hydrogen-bond donors (Lipinski definition) is 1. The van der Waals surface area contributed by atoms with Gasteiger partial charge in [-0.25, -0.2) is 0 Å². The average Bonchev–Trinajstić information content (AvgIpc) is 2.36. The van der Waals surface area contributed by atoms with E-state index in [1.165, 1.54) is 7.11 Å². The van der Waals surface area contributed by atoms with E-state index in [4.69, 9.17) is 4.74 Å². The lowest BCUT2D eigenvalue weighted by Crippen LogP contribution is -2.41. The van der Waals surface area contributed by atoms with Gasteiger partial charge < -0.3 is 15.0 Å². The summed E-state index contributed by atoms with van der Waals surface area (Å²) >= 11 is 0. The van der Waals surface area contributed by atoms with Crippen molar-refractivity contribution in [1.29, 1.82) is 0 Å². The van der Waals surface area contributed by atoms with Crippen molar-refractivity contribution in [1.82, 2.24) is 10.2 Å². The van der Waals surface area contributed by atoms with Gasteiger partial charge in [-0.2, -0.15) is 0 Å². The molecule has 1 N–H and O–H groups in total. The number of hydrogen-bond acceptors (Lipinski definition) is 4. The van der Waals surface area contributed by atoms with Crippen LogP contribution in [0.25, 0.3) is 0 Å². The van der Waals surface area contributed by atoms with Crippen molar-refractivity contribution in [3.63, 3.8) is 0 Å². The maximum atomic E-state index is 11.3. The third-order valence-corrected chi connectivity index (χ3v) is 3.48. The zero-order chi connectivity index (χ0) is 13.5. The van der Waals surface area contributed by atoms with Gasteiger partial charge in [0.2, 0.25) is 5.91 Å². The van der Waals surface area contributed by atoms with Crippen LogP contribution in [0.4, 0.5) is 0 Å². The average molecular weight is 256 g/mol. The number of methoxy groups -OCH3 is 1. The highest BCUT2D eigenvalue weighted by Gasteiger charge is 2.23. The van der Waals surface area contributed by atoms with Crippen molar-refractivity contribution in [2.45, 2.75) is 26.7 Å². The Balaban J connectivity index is 2.22. The molecule has 0 bridgehead atoms. The highest BCUT2D eigenvalue weighted by atomic mass is 16.5. The third-order valence-electron chi connectivity index (χ3n) is 3.48. The molecule has 1 saturated heterocycles. The summed E-state index contributed by atoms with van der Waals surface area (Å²) in [6.07, 6.45) is 2.16. The minimum atomic E-state index is -0.143. The highest BCUT2D eigenvalue weighted by molar-refractivity contribution is 5.72. The maximum Gasteiger partial charge on any atom is 0.309 e. The second-order valence-electron chi connectivity index (χ2n) is 5.11. The van der Waals surface area contributed by atoms with Crippen LogP contribution in [-0.2, 0) is 14.3 Å². The fourth-order valence-corrected chi connectivity index (χ4v) is 2.32. The first-order valence-electron chi connectivity index (χ1n) is 6.57. The zero-order valence-electron chi connectivity index (χ0n) is 11.6. The van der Waals surface area contributed by atoms with E-state index in [1.807, 2.05) is 6.92 Å². The summed E-state index contributed by atoms with van der Waals surface area (Å²) in [4.78, 5) is 24.5. The molecule has 0 radical (unpaired) electrons. The van der Waals surface area contributed by atoms with Crippen LogP contribution in [0.2, 0.25) is 0 Å². The molecule has 0 aromatic rings. The quantitative estimate of drug-likeness (QED) is 0.734. The van der Waals surface area contributed by atoms with E-state index in [2.05, 4.69) is 10.2 Å². The fraction of sp³-hybridized carbons (Fsp3) is 0.846. The standard InChI is InChI=1S/C13H24N2O3/c1-10(13(17)18-3)9-15-6-4-12(5-7-15)8-14-11(2)16/h10,12H,4-9H2,1-3H3,(H,14,16). The lowest BCUT2D eigenvalue weighted by Gasteiger charge is -2.33.